The lowest BCUT2D eigenvalue weighted by Crippen LogP contribution is -2.23. The number of sulfonamides is 1. The highest BCUT2D eigenvalue weighted by atomic mass is 32.2. The zero-order valence-electron chi connectivity index (χ0n) is 12.8. The second-order valence-electron chi connectivity index (χ2n) is 5.18. The Balaban J connectivity index is 2.08. The largest absolute Gasteiger partial charge is 0.348 e. The maximum atomic E-state index is 13.5. The highest BCUT2D eigenvalue weighted by Gasteiger charge is 2.10. The maximum absolute atomic E-state index is 13.5. The standard InChI is InChI=1S/C16H17FN2O3S/c1-11-9-12(7-8-15(11)19-23(2,21)22)16(20)18-10-13-5-3-4-6-14(13)17/h3-9,19H,10H2,1-2H3,(H,18,20). The molecule has 23 heavy (non-hydrogen) atoms. The van der Waals surface area contributed by atoms with Crippen LogP contribution in [0, 0.1) is 12.7 Å². The number of halogens is 1. The Morgan fingerprint density at radius 2 is 1.87 bits per heavy atom. The topological polar surface area (TPSA) is 75.3 Å². The minimum absolute atomic E-state index is 0.0773. The van der Waals surface area contributed by atoms with Crippen LogP contribution in [0.15, 0.2) is 42.5 Å². The molecule has 0 bridgehead atoms. The number of hydrogen-bond donors (Lipinski definition) is 2. The summed E-state index contributed by atoms with van der Waals surface area (Å²) in [4.78, 5) is 12.1. The molecular weight excluding hydrogens is 319 g/mol. The quantitative estimate of drug-likeness (QED) is 0.880. The van der Waals surface area contributed by atoms with Gasteiger partial charge in [0.15, 0.2) is 0 Å². The molecule has 2 N–H and O–H groups in total. The molecule has 0 saturated heterocycles. The molecule has 0 aliphatic carbocycles. The first kappa shape index (κ1) is 17.0. The maximum Gasteiger partial charge on any atom is 0.251 e. The summed E-state index contributed by atoms with van der Waals surface area (Å²) < 4.78 is 38.3. The van der Waals surface area contributed by atoms with Gasteiger partial charge in [0.1, 0.15) is 5.82 Å². The van der Waals surface area contributed by atoms with Crippen LogP contribution in [0.5, 0.6) is 0 Å². The van der Waals surface area contributed by atoms with Gasteiger partial charge in [0.25, 0.3) is 5.91 Å². The molecule has 0 aliphatic heterocycles. The van der Waals surface area contributed by atoms with Crippen LogP contribution in [-0.2, 0) is 16.6 Å². The molecule has 1 amide bonds. The smallest absolute Gasteiger partial charge is 0.251 e. The van der Waals surface area contributed by atoms with Gasteiger partial charge in [-0.05, 0) is 36.8 Å². The number of carbonyl (C=O) groups is 1. The van der Waals surface area contributed by atoms with Gasteiger partial charge in [-0.3, -0.25) is 9.52 Å². The van der Waals surface area contributed by atoms with Crippen LogP contribution >= 0.6 is 0 Å². The highest BCUT2D eigenvalue weighted by Crippen LogP contribution is 2.17. The van der Waals surface area contributed by atoms with E-state index in [9.17, 15) is 17.6 Å². The van der Waals surface area contributed by atoms with E-state index >= 15 is 0 Å². The molecule has 0 atom stereocenters. The highest BCUT2D eigenvalue weighted by molar-refractivity contribution is 7.92. The fourth-order valence-corrected chi connectivity index (χ4v) is 2.67. The van der Waals surface area contributed by atoms with Gasteiger partial charge in [0.2, 0.25) is 10.0 Å². The second-order valence-corrected chi connectivity index (χ2v) is 6.93. The van der Waals surface area contributed by atoms with Crippen molar-refractivity contribution in [3.8, 4) is 0 Å². The number of benzene rings is 2. The number of aryl methyl sites for hydroxylation is 1. The molecule has 122 valence electrons. The Kier molecular flexibility index (Phi) is 5.00. The molecule has 0 saturated carbocycles. The van der Waals surface area contributed by atoms with Crippen molar-refractivity contribution in [2.75, 3.05) is 11.0 Å². The number of carbonyl (C=O) groups excluding carboxylic acids is 1. The van der Waals surface area contributed by atoms with Crippen LogP contribution < -0.4 is 10.0 Å². The molecule has 0 radical (unpaired) electrons. The summed E-state index contributed by atoms with van der Waals surface area (Å²) >= 11 is 0. The molecule has 2 aromatic carbocycles. The first-order chi connectivity index (χ1) is 10.8. The normalized spacial score (nSPS) is 11.1. The molecule has 0 unspecified atom stereocenters. The van der Waals surface area contributed by atoms with Crippen molar-refractivity contribution < 1.29 is 17.6 Å². The Hall–Kier alpha value is -2.41. The Morgan fingerprint density at radius 1 is 1.17 bits per heavy atom. The lowest BCUT2D eigenvalue weighted by molar-refractivity contribution is 0.0950. The van der Waals surface area contributed by atoms with Gasteiger partial charge in [-0.15, -0.1) is 0 Å². The van der Waals surface area contributed by atoms with Crippen LogP contribution in [0.1, 0.15) is 21.5 Å². The fraction of sp³-hybridized carbons (Fsp3) is 0.188. The number of anilines is 1. The van der Waals surface area contributed by atoms with Gasteiger partial charge in [-0.25, -0.2) is 12.8 Å². The van der Waals surface area contributed by atoms with Gasteiger partial charge in [-0.1, -0.05) is 18.2 Å². The zero-order valence-corrected chi connectivity index (χ0v) is 13.6. The van der Waals surface area contributed by atoms with Gasteiger partial charge >= 0.3 is 0 Å². The summed E-state index contributed by atoms with van der Waals surface area (Å²) in [7, 11) is -3.38. The summed E-state index contributed by atoms with van der Waals surface area (Å²) in [6.45, 7) is 1.77. The van der Waals surface area contributed by atoms with Gasteiger partial charge in [0.05, 0.1) is 11.9 Å². The predicted octanol–water partition coefficient (Wildman–Crippen LogP) is 2.44. The first-order valence-electron chi connectivity index (χ1n) is 6.86. The van der Waals surface area contributed by atoms with Gasteiger partial charge in [0, 0.05) is 17.7 Å². The van der Waals surface area contributed by atoms with Crippen molar-refractivity contribution in [2.45, 2.75) is 13.5 Å². The van der Waals surface area contributed by atoms with E-state index in [0.717, 1.165) is 6.26 Å². The zero-order chi connectivity index (χ0) is 17.0. The van der Waals surface area contributed by atoms with Crippen LogP contribution in [0.4, 0.5) is 10.1 Å². The number of nitrogens with one attached hydrogen (secondary N) is 2. The third-order valence-corrected chi connectivity index (χ3v) is 3.77. The molecule has 0 aliphatic rings. The van der Waals surface area contributed by atoms with E-state index < -0.39 is 10.0 Å². The Labute approximate surface area is 134 Å². The number of rotatable bonds is 5. The van der Waals surface area contributed by atoms with Crippen LogP contribution in [0.25, 0.3) is 0 Å². The average molecular weight is 336 g/mol. The van der Waals surface area contributed by atoms with Crippen molar-refractivity contribution in [1.82, 2.24) is 5.32 Å². The molecule has 0 spiro atoms. The van der Waals surface area contributed by atoms with E-state index in [1.54, 1.807) is 31.2 Å². The van der Waals surface area contributed by atoms with Crippen LogP contribution in [0.2, 0.25) is 0 Å². The third kappa shape index (κ3) is 4.79. The summed E-state index contributed by atoms with van der Waals surface area (Å²) in [6.07, 6.45) is 1.06. The van der Waals surface area contributed by atoms with Crippen LogP contribution in [-0.4, -0.2) is 20.6 Å². The van der Waals surface area contributed by atoms with Gasteiger partial charge in [-0.2, -0.15) is 0 Å². The molecule has 0 heterocycles. The second kappa shape index (κ2) is 6.78. The molecule has 0 aromatic heterocycles. The SMILES string of the molecule is Cc1cc(C(=O)NCc2ccccc2F)ccc1NS(C)(=O)=O. The molecule has 5 nitrogen and oxygen atoms in total. The van der Waals surface area contributed by atoms with Crippen molar-refractivity contribution in [1.29, 1.82) is 0 Å². The monoisotopic (exact) mass is 336 g/mol. The van der Waals surface area contributed by atoms with E-state index in [2.05, 4.69) is 10.0 Å². The lowest BCUT2D eigenvalue weighted by Gasteiger charge is -2.10. The van der Waals surface area contributed by atoms with Crippen molar-refractivity contribution in [3.05, 3.63) is 65.0 Å². The van der Waals surface area contributed by atoms with Crippen molar-refractivity contribution >= 4 is 21.6 Å². The summed E-state index contributed by atoms with van der Waals surface area (Å²) in [5, 5.41) is 2.63. The van der Waals surface area contributed by atoms with Crippen molar-refractivity contribution in [2.24, 2.45) is 0 Å². The van der Waals surface area contributed by atoms with Crippen molar-refractivity contribution in [3.63, 3.8) is 0 Å². The molecular formula is C16H17FN2O3S. The molecule has 0 fully saturated rings. The molecule has 7 heteroatoms. The van der Waals surface area contributed by atoms with E-state index in [1.165, 1.54) is 18.2 Å². The number of amides is 1. The summed E-state index contributed by atoms with van der Waals surface area (Å²) in [5.41, 5.74) is 1.80. The first-order valence-corrected chi connectivity index (χ1v) is 8.75. The minimum Gasteiger partial charge on any atom is -0.348 e. The molecule has 2 rings (SSSR count). The Bertz CT molecular complexity index is 835. The average Bonchev–Trinajstić information content (AvgIpc) is 2.47. The third-order valence-electron chi connectivity index (χ3n) is 3.18. The van der Waals surface area contributed by atoms with E-state index in [-0.39, 0.29) is 18.3 Å². The fourth-order valence-electron chi connectivity index (χ4n) is 2.04. The predicted molar refractivity (Wildman–Crippen MR) is 87.2 cm³/mol. The molecule has 2 aromatic rings. The summed E-state index contributed by atoms with van der Waals surface area (Å²) in [6, 6.07) is 10.8. The van der Waals surface area contributed by atoms with Gasteiger partial charge < -0.3 is 5.32 Å². The summed E-state index contributed by atoms with van der Waals surface area (Å²) in [5.74, 6) is -0.737. The van der Waals surface area contributed by atoms with E-state index in [4.69, 9.17) is 0 Å². The van der Waals surface area contributed by atoms with E-state index in [1.807, 2.05) is 0 Å². The van der Waals surface area contributed by atoms with E-state index in [0.29, 0.717) is 22.4 Å². The lowest BCUT2D eigenvalue weighted by atomic mass is 10.1. The Morgan fingerprint density at radius 3 is 2.48 bits per heavy atom. The van der Waals surface area contributed by atoms with Crippen LogP contribution in [0.3, 0.4) is 0 Å². The number of hydrogen-bond acceptors (Lipinski definition) is 3. The minimum atomic E-state index is -3.38.